The third-order valence-corrected chi connectivity index (χ3v) is 2.77. The molecule has 0 saturated carbocycles. The van der Waals surface area contributed by atoms with Gasteiger partial charge in [-0.1, -0.05) is 19.4 Å². The monoisotopic (exact) mass is 193 g/mol. The fraction of sp³-hybridized carbons (Fsp3) is 0.667. The number of rotatable bonds is 2. The van der Waals surface area contributed by atoms with Crippen LogP contribution < -0.4 is 0 Å². The minimum atomic E-state index is 0.0201. The lowest BCUT2D eigenvalue weighted by molar-refractivity contribution is -0.110. The van der Waals surface area contributed by atoms with Crippen molar-refractivity contribution in [2.24, 2.45) is 10.4 Å². The normalized spacial score (nSPS) is 21.7. The van der Waals surface area contributed by atoms with E-state index in [-0.39, 0.29) is 11.2 Å². The van der Waals surface area contributed by atoms with Crippen molar-refractivity contribution in [1.82, 2.24) is 0 Å². The van der Waals surface area contributed by atoms with Crippen LogP contribution in [0.15, 0.2) is 16.3 Å². The number of hydrogen-bond acceptors (Lipinski definition) is 2. The van der Waals surface area contributed by atoms with E-state index in [4.69, 9.17) is 0 Å². The van der Waals surface area contributed by atoms with Gasteiger partial charge in [-0.05, 0) is 26.2 Å². The van der Waals surface area contributed by atoms with Crippen molar-refractivity contribution in [3.05, 3.63) is 11.3 Å². The van der Waals surface area contributed by atoms with Gasteiger partial charge in [0.15, 0.2) is 5.78 Å². The Kier molecular flexibility index (Phi) is 3.25. The van der Waals surface area contributed by atoms with Crippen LogP contribution in [0.3, 0.4) is 0 Å². The van der Waals surface area contributed by atoms with Crippen molar-refractivity contribution in [3.8, 4) is 0 Å². The molecule has 0 fully saturated rings. The topological polar surface area (TPSA) is 29.4 Å². The smallest absolute Gasteiger partial charge is 0.170 e. The molecule has 0 radical (unpaired) electrons. The predicted molar refractivity (Wildman–Crippen MR) is 59.5 cm³/mol. The number of carbonyl (C=O) groups is 1. The van der Waals surface area contributed by atoms with Crippen LogP contribution in [0.5, 0.6) is 0 Å². The van der Waals surface area contributed by atoms with Crippen molar-refractivity contribution in [3.63, 3.8) is 0 Å². The molecule has 78 valence electrons. The van der Waals surface area contributed by atoms with Crippen LogP contribution in [0.4, 0.5) is 0 Å². The van der Waals surface area contributed by atoms with Crippen LogP contribution in [-0.4, -0.2) is 12.0 Å². The zero-order valence-corrected chi connectivity index (χ0v) is 9.55. The molecule has 0 N–H and O–H groups in total. The minimum Gasteiger partial charge on any atom is -0.293 e. The molecule has 0 aromatic heterocycles. The van der Waals surface area contributed by atoms with E-state index in [2.05, 4.69) is 25.8 Å². The van der Waals surface area contributed by atoms with E-state index >= 15 is 0 Å². The summed E-state index contributed by atoms with van der Waals surface area (Å²) in [4.78, 5) is 15.2. The number of carbonyl (C=O) groups excluding carboxylic acids is 1. The fourth-order valence-corrected chi connectivity index (χ4v) is 2.05. The molecule has 0 spiro atoms. The van der Waals surface area contributed by atoms with Gasteiger partial charge in [0.25, 0.3) is 0 Å². The van der Waals surface area contributed by atoms with Crippen LogP contribution in [0.25, 0.3) is 0 Å². The Morgan fingerprint density at radius 2 is 2.14 bits per heavy atom. The maximum Gasteiger partial charge on any atom is 0.170 e. The Balaban J connectivity index is 2.96. The highest BCUT2D eigenvalue weighted by molar-refractivity contribution is 6.26. The molecule has 2 heteroatoms. The highest BCUT2D eigenvalue weighted by Crippen LogP contribution is 2.40. The lowest BCUT2D eigenvalue weighted by atomic mass is 9.77. The molecule has 0 heterocycles. The summed E-state index contributed by atoms with van der Waals surface area (Å²) in [6, 6.07) is 0. The van der Waals surface area contributed by atoms with Gasteiger partial charge in [-0.15, -0.1) is 0 Å². The first-order valence-electron chi connectivity index (χ1n) is 5.18. The maximum atomic E-state index is 10.8. The molecular weight excluding hydrogens is 174 g/mol. The van der Waals surface area contributed by atoms with Crippen LogP contribution in [0.1, 0.15) is 47.0 Å². The summed E-state index contributed by atoms with van der Waals surface area (Å²) in [5.74, 6) is 0.0201. The first-order valence-corrected chi connectivity index (χ1v) is 5.18. The summed E-state index contributed by atoms with van der Waals surface area (Å²) in [6.45, 7) is 8.05. The molecule has 1 rings (SSSR count). The van der Waals surface area contributed by atoms with Crippen LogP contribution >= 0.6 is 0 Å². The van der Waals surface area contributed by atoms with Gasteiger partial charge in [0.1, 0.15) is 0 Å². The van der Waals surface area contributed by atoms with E-state index in [1.807, 2.05) is 0 Å². The van der Waals surface area contributed by atoms with E-state index in [1.54, 1.807) is 0 Å². The first kappa shape index (κ1) is 11.2. The number of aliphatic imine (C=N–C) groups is 1. The van der Waals surface area contributed by atoms with E-state index in [0.717, 1.165) is 18.5 Å². The SMILES string of the molecule is CC(=O)C=NC1=C(C)CCCC1(C)C. The molecule has 0 aliphatic heterocycles. The number of allylic oxidation sites excluding steroid dienone is 2. The average Bonchev–Trinajstić information content (AvgIpc) is 2.01. The Hall–Kier alpha value is -0.920. The Morgan fingerprint density at radius 1 is 1.50 bits per heavy atom. The van der Waals surface area contributed by atoms with E-state index < -0.39 is 0 Å². The van der Waals surface area contributed by atoms with Gasteiger partial charge in [0.05, 0.1) is 6.21 Å². The Bertz CT molecular complexity index is 297. The predicted octanol–water partition coefficient (Wildman–Crippen LogP) is 3.13. The Labute approximate surface area is 86.1 Å². The second-order valence-corrected chi connectivity index (χ2v) is 4.74. The highest BCUT2D eigenvalue weighted by atomic mass is 16.1. The standard InChI is InChI=1S/C12H19NO/c1-9-6-5-7-12(3,4)11(9)13-8-10(2)14/h8H,5-7H2,1-4H3. The zero-order chi connectivity index (χ0) is 10.8. The van der Waals surface area contributed by atoms with Gasteiger partial charge in [0, 0.05) is 18.0 Å². The van der Waals surface area contributed by atoms with Crippen LogP contribution in [0, 0.1) is 5.41 Å². The molecule has 0 unspecified atom stereocenters. The summed E-state index contributed by atoms with van der Waals surface area (Å²) in [6.07, 6.45) is 4.95. The minimum absolute atomic E-state index is 0.0201. The number of Topliss-reactive ketones (excluding diaryl/α,β-unsaturated/α-hetero) is 1. The zero-order valence-electron chi connectivity index (χ0n) is 9.55. The molecule has 1 aliphatic carbocycles. The van der Waals surface area contributed by atoms with Gasteiger partial charge in [-0.2, -0.15) is 0 Å². The molecule has 0 aromatic carbocycles. The summed E-state index contributed by atoms with van der Waals surface area (Å²) >= 11 is 0. The molecule has 0 atom stereocenters. The molecular formula is C12H19NO. The summed E-state index contributed by atoms with van der Waals surface area (Å²) in [5, 5.41) is 0. The number of nitrogens with zero attached hydrogens (tertiary/aromatic N) is 1. The molecule has 0 bridgehead atoms. The fourth-order valence-electron chi connectivity index (χ4n) is 2.05. The molecule has 0 saturated heterocycles. The quantitative estimate of drug-likeness (QED) is 0.619. The van der Waals surface area contributed by atoms with Crippen molar-refractivity contribution in [1.29, 1.82) is 0 Å². The van der Waals surface area contributed by atoms with E-state index in [1.165, 1.54) is 25.1 Å². The molecule has 2 nitrogen and oxygen atoms in total. The number of hydrogen-bond donors (Lipinski definition) is 0. The molecule has 0 aromatic rings. The van der Waals surface area contributed by atoms with Crippen molar-refractivity contribution < 1.29 is 4.79 Å². The van der Waals surface area contributed by atoms with Gasteiger partial charge in [0.2, 0.25) is 0 Å². The van der Waals surface area contributed by atoms with Gasteiger partial charge in [-0.3, -0.25) is 9.79 Å². The lowest BCUT2D eigenvalue weighted by Gasteiger charge is -2.31. The second kappa shape index (κ2) is 4.07. The lowest BCUT2D eigenvalue weighted by Crippen LogP contribution is -2.19. The van der Waals surface area contributed by atoms with Crippen LogP contribution in [-0.2, 0) is 4.79 Å². The molecule has 14 heavy (non-hydrogen) atoms. The largest absolute Gasteiger partial charge is 0.293 e. The summed E-state index contributed by atoms with van der Waals surface area (Å²) in [7, 11) is 0. The third kappa shape index (κ3) is 2.53. The number of ketones is 1. The molecule has 0 amide bonds. The maximum absolute atomic E-state index is 10.8. The summed E-state index contributed by atoms with van der Waals surface area (Å²) < 4.78 is 0. The van der Waals surface area contributed by atoms with E-state index in [0.29, 0.717) is 0 Å². The van der Waals surface area contributed by atoms with E-state index in [9.17, 15) is 4.79 Å². The van der Waals surface area contributed by atoms with Gasteiger partial charge >= 0.3 is 0 Å². The van der Waals surface area contributed by atoms with Crippen molar-refractivity contribution in [2.45, 2.75) is 47.0 Å². The van der Waals surface area contributed by atoms with Crippen molar-refractivity contribution in [2.75, 3.05) is 0 Å². The highest BCUT2D eigenvalue weighted by Gasteiger charge is 2.27. The van der Waals surface area contributed by atoms with Crippen LogP contribution in [0.2, 0.25) is 0 Å². The average molecular weight is 193 g/mol. The van der Waals surface area contributed by atoms with Gasteiger partial charge < -0.3 is 0 Å². The first-order chi connectivity index (χ1) is 6.43. The summed E-state index contributed by atoms with van der Waals surface area (Å²) in [5.41, 5.74) is 2.58. The van der Waals surface area contributed by atoms with Gasteiger partial charge in [-0.25, -0.2) is 0 Å². The Morgan fingerprint density at radius 3 is 2.64 bits per heavy atom. The van der Waals surface area contributed by atoms with Crippen molar-refractivity contribution >= 4 is 12.0 Å². The molecule has 1 aliphatic rings. The third-order valence-electron chi connectivity index (χ3n) is 2.77. The second-order valence-electron chi connectivity index (χ2n) is 4.74.